The highest BCUT2D eigenvalue weighted by Crippen LogP contribution is 2.89. The summed E-state index contributed by atoms with van der Waals surface area (Å²) in [6.45, 7) is 22.7. The van der Waals surface area contributed by atoms with Crippen molar-refractivity contribution in [3.05, 3.63) is 13.2 Å². The van der Waals surface area contributed by atoms with Gasteiger partial charge in [-0.05, 0) is 116 Å². The topological polar surface area (TPSA) is 135 Å². The number of carbonyl (C=O) groups is 1. The monoisotopic (exact) mass is 678 g/mol. The summed E-state index contributed by atoms with van der Waals surface area (Å²) in [5.41, 5.74) is -0.953. The largest absolute Gasteiger partial charge is 0.457 e. The summed E-state index contributed by atoms with van der Waals surface area (Å²) < 4.78 is 24.8. The molecular formula is C39H66O9. The normalized spacial score (nSPS) is 46.7. The van der Waals surface area contributed by atoms with Gasteiger partial charge in [-0.25, -0.2) is 0 Å². The van der Waals surface area contributed by atoms with Gasteiger partial charge in [-0.3, -0.25) is 4.79 Å². The van der Waals surface area contributed by atoms with Crippen molar-refractivity contribution in [1.29, 1.82) is 0 Å². The van der Waals surface area contributed by atoms with E-state index in [-0.39, 0.29) is 71.4 Å². The molecular weight excluding hydrogens is 612 g/mol. The fraction of sp³-hybridized carbons (Fsp3) is 0.923. The zero-order valence-electron chi connectivity index (χ0n) is 31.0. The third-order valence-corrected chi connectivity index (χ3v) is 15.0. The van der Waals surface area contributed by atoms with Crippen LogP contribution in [-0.4, -0.2) is 88.6 Å². The third kappa shape index (κ3) is 5.56. The lowest BCUT2D eigenvalue weighted by molar-refractivity contribution is -0.234. The minimum absolute atomic E-state index is 0.0145. The molecule has 0 amide bonds. The fourth-order valence-electron chi connectivity index (χ4n) is 13.6. The first kappa shape index (κ1) is 38.2. The molecule has 6 aliphatic rings. The number of hydrogen-bond acceptors (Lipinski definition) is 9. The predicted octanol–water partition coefficient (Wildman–Crippen LogP) is 5.26. The van der Waals surface area contributed by atoms with Crippen LogP contribution in [0.2, 0.25) is 0 Å². The first-order valence-corrected chi connectivity index (χ1v) is 18.7. The van der Waals surface area contributed by atoms with Crippen molar-refractivity contribution >= 4 is 5.97 Å². The summed E-state index contributed by atoms with van der Waals surface area (Å²) in [6.07, 6.45) is 4.86. The summed E-state index contributed by atoms with van der Waals surface area (Å²) in [4.78, 5) is 12.0. The first-order valence-electron chi connectivity index (χ1n) is 18.7. The Balaban J connectivity index is 0.00000221. The van der Waals surface area contributed by atoms with Crippen LogP contribution in [0, 0.1) is 57.2 Å². The predicted molar refractivity (Wildman–Crippen MR) is 183 cm³/mol. The Bertz CT molecular complexity index is 1150. The number of ether oxygens (including phenoxy) is 4. The molecule has 1 saturated heterocycles. The average molecular weight is 679 g/mol. The quantitative estimate of drug-likeness (QED) is 0.139. The van der Waals surface area contributed by atoms with E-state index in [2.05, 4.69) is 47.8 Å². The van der Waals surface area contributed by atoms with Gasteiger partial charge in [0.2, 0.25) is 0 Å². The summed E-state index contributed by atoms with van der Waals surface area (Å²) in [5.74, 6) is 1.68. The molecule has 9 nitrogen and oxygen atoms in total. The molecule has 0 aromatic heterocycles. The maximum absolute atomic E-state index is 12.3. The van der Waals surface area contributed by atoms with Gasteiger partial charge in [-0.15, -0.1) is 13.2 Å². The zero-order valence-corrected chi connectivity index (χ0v) is 31.0. The van der Waals surface area contributed by atoms with E-state index < -0.39 is 36.2 Å². The van der Waals surface area contributed by atoms with Crippen LogP contribution in [0.5, 0.6) is 0 Å². The van der Waals surface area contributed by atoms with Crippen LogP contribution >= 0.6 is 0 Å². The Morgan fingerprint density at radius 2 is 1.69 bits per heavy atom. The Kier molecular flexibility index (Phi) is 10.7. The minimum atomic E-state index is -1.26. The van der Waals surface area contributed by atoms with Crippen LogP contribution in [0.15, 0.2) is 13.2 Å². The molecule has 6 rings (SSSR count). The zero-order chi connectivity index (χ0) is 35.6. The number of aliphatic hydroxyl groups excluding tert-OH is 3. The van der Waals surface area contributed by atoms with E-state index in [1.807, 2.05) is 0 Å². The molecule has 0 aromatic carbocycles. The lowest BCUT2D eigenvalue weighted by Gasteiger charge is -2.60. The highest BCUT2D eigenvalue weighted by molar-refractivity contribution is 5.66. The van der Waals surface area contributed by atoms with E-state index in [0.29, 0.717) is 30.6 Å². The number of rotatable bonds is 10. The summed E-state index contributed by atoms with van der Waals surface area (Å²) in [7, 11) is 0. The molecule has 2 spiro atoms. The van der Waals surface area contributed by atoms with Crippen molar-refractivity contribution in [3.8, 4) is 0 Å². The lowest BCUT2D eigenvalue weighted by Crippen LogP contribution is -2.56. The van der Waals surface area contributed by atoms with E-state index in [1.54, 1.807) is 13.8 Å². The van der Waals surface area contributed by atoms with E-state index in [9.17, 15) is 25.2 Å². The first-order chi connectivity index (χ1) is 22.5. The molecule has 5 saturated carbocycles. The van der Waals surface area contributed by atoms with Gasteiger partial charge in [0.1, 0.15) is 0 Å². The average Bonchev–Trinajstić information content (AvgIpc) is 3.45. The Labute approximate surface area is 289 Å². The van der Waals surface area contributed by atoms with Crippen LogP contribution < -0.4 is 0 Å². The molecule has 0 radical (unpaired) electrons. The van der Waals surface area contributed by atoms with Gasteiger partial charge in [0.15, 0.2) is 12.4 Å². The molecule has 9 heteroatoms. The Hall–Kier alpha value is -1.07. The molecule has 0 aromatic rings. The number of carbonyl (C=O) groups excluding carboxylic acids is 1. The SMILES string of the molecule is C=C.CC(=O)O[C@@H]([C@H]1C[C@@H](C)[C@H]2[C@H](O1)[C@H](O)C1[C@@H]3CCC4C(C)(C)[C@@H](OC(CCO)OCCO)CCC45[C@@H](C)[C@@]35CC[C@@]12C)C(C)(C)O. The van der Waals surface area contributed by atoms with Crippen LogP contribution in [-0.2, 0) is 23.7 Å². The van der Waals surface area contributed by atoms with Crippen molar-refractivity contribution in [2.75, 3.05) is 19.8 Å². The molecule has 1 heterocycles. The molecule has 0 bridgehead atoms. The van der Waals surface area contributed by atoms with Gasteiger partial charge in [0.05, 0.1) is 43.2 Å². The lowest BCUT2D eigenvalue weighted by atomic mass is 9.45. The van der Waals surface area contributed by atoms with Gasteiger partial charge in [0.25, 0.3) is 0 Å². The van der Waals surface area contributed by atoms with Gasteiger partial charge in [0, 0.05) is 20.0 Å². The molecule has 5 aliphatic carbocycles. The molecule has 276 valence electrons. The van der Waals surface area contributed by atoms with Crippen molar-refractivity contribution < 1.29 is 44.2 Å². The highest BCUT2D eigenvalue weighted by atomic mass is 16.7. The van der Waals surface area contributed by atoms with Crippen molar-refractivity contribution in [2.45, 2.75) is 149 Å². The summed E-state index contributed by atoms with van der Waals surface area (Å²) in [5, 5.41) is 42.3. The van der Waals surface area contributed by atoms with Crippen LogP contribution in [0.25, 0.3) is 0 Å². The third-order valence-electron chi connectivity index (χ3n) is 15.0. The minimum Gasteiger partial charge on any atom is -0.457 e. The Morgan fingerprint density at radius 3 is 2.29 bits per heavy atom. The Morgan fingerprint density at radius 1 is 1.00 bits per heavy atom. The van der Waals surface area contributed by atoms with Gasteiger partial charge in [-0.1, -0.05) is 34.6 Å². The van der Waals surface area contributed by atoms with Crippen LogP contribution in [0.4, 0.5) is 0 Å². The number of hydrogen-bond donors (Lipinski definition) is 4. The van der Waals surface area contributed by atoms with Crippen molar-refractivity contribution in [2.24, 2.45) is 57.2 Å². The number of aliphatic hydroxyl groups is 4. The van der Waals surface area contributed by atoms with E-state index in [0.717, 1.165) is 32.1 Å². The van der Waals surface area contributed by atoms with E-state index in [1.165, 1.54) is 13.3 Å². The van der Waals surface area contributed by atoms with Crippen LogP contribution in [0.3, 0.4) is 0 Å². The molecule has 1 aliphatic heterocycles. The second kappa shape index (κ2) is 13.5. The van der Waals surface area contributed by atoms with Crippen molar-refractivity contribution in [3.63, 3.8) is 0 Å². The van der Waals surface area contributed by atoms with Gasteiger partial charge in [-0.2, -0.15) is 0 Å². The van der Waals surface area contributed by atoms with Crippen molar-refractivity contribution in [1.82, 2.24) is 0 Å². The van der Waals surface area contributed by atoms with Gasteiger partial charge < -0.3 is 39.4 Å². The maximum atomic E-state index is 12.3. The van der Waals surface area contributed by atoms with E-state index in [4.69, 9.17) is 18.9 Å². The van der Waals surface area contributed by atoms with E-state index >= 15 is 0 Å². The summed E-state index contributed by atoms with van der Waals surface area (Å²) >= 11 is 0. The standard InChI is InChI=1S/C37H62O9.C2H4/c1-20-19-24(32(34(6,7)42)44-22(3)40)45-31-28(20)35(8)14-15-36-21(2)37(36)13-11-26(46-27(12-16-38)43-18-17-39)33(4,5)25(37)10-9-23(36)29(35)30(31)41;1-2/h20-21,23-32,38-39,41-42H,9-19H2,1-8H3;1-2H2/t20-,21+,23+,24-,25?,26+,27?,28+,29?,30-,31+,32+,35-,36+,37?;/m1./s1. The molecule has 6 fully saturated rings. The molecule has 15 atom stereocenters. The second-order valence-corrected chi connectivity index (χ2v) is 17.6. The number of fused-ring (bicyclic) bond motifs is 4. The second-order valence-electron chi connectivity index (χ2n) is 17.6. The molecule has 4 unspecified atom stereocenters. The molecule has 4 N–H and O–H groups in total. The van der Waals surface area contributed by atoms with Gasteiger partial charge >= 0.3 is 5.97 Å². The highest BCUT2D eigenvalue weighted by Gasteiger charge is 2.85. The summed E-state index contributed by atoms with van der Waals surface area (Å²) in [6, 6.07) is 0. The number of esters is 1. The molecule has 48 heavy (non-hydrogen) atoms. The maximum Gasteiger partial charge on any atom is 0.303 e. The fourth-order valence-corrected chi connectivity index (χ4v) is 13.6. The smallest absolute Gasteiger partial charge is 0.303 e. The van der Waals surface area contributed by atoms with Crippen LogP contribution in [0.1, 0.15) is 107 Å².